The summed E-state index contributed by atoms with van der Waals surface area (Å²) in [4.78, 5) is 25.4. The third-order valence-corrected chi connectivity index (χ3v) is 5.02. The molecule has 0 aromatic heterocycles. The molecule has 0 spiro atoms. The number of halogens is 1. The fraction of sp³-hybridized carbons (Fsp3) is 0.550. The van der Waals surface area contributed by atoms with Crippen LogP contribution in [0.3, 0.4) is 0 Å². The largest absolute Gasteiger partial charge is 0.471 e. The van der Waals surface area contributed by atoms with Gasteiger partial charge in [-0.15, -0.1) is 0 Å². The third kappa shape index (κ3) is 7.92. The number of amides is 1. The molecule has 3 N–H and O–H groups in total. The van der Waals surface area contributed by atoms with Crippen LogP contribution in [-0.2, 0) is 14.3 Å². The lowest BCUT2D eigenvalue weighted by atomic mass is 10.0. The molecule has 9 heteroatoms. The summed E-state index contributed by atoms with van der Waals surface area (Å²) < 4.78 is 23.2. The number of aliphatic imine (C=N–C) groups is 1. The molecule has 3 atom stereocenters. The van der Waals surface area contributed by atoms with Crippen LogP contribution in [0.1, 0.15) is 52.6 Å². The van der Waals surface area contributed by atoms with Gasteiger partial charge in [-0.25, -0.2) is 9.18 Å². The Morgan fingerprint density at radius 3 is 2.55 bits per heavy atom. The van der Waals surface area contributed by atoms with Crippen LogP contribution in [-0.4, -0.2) is 35.7 Å². The predicted molar refractivity (Wildman–Crippen MR) is 114 cm³/mol. The van der Waals surface area contributed by atoms with E-state index in [0.29, 0.717) is 34.1 Å². The number of nitrogens with two attached hydrogens (primary N) is 1. The molecular weight excluding hydrogens is 397 g/mol. The average Bonchev–Trinajstić information content (AvgIpc) is 3.43. The zero-order valence-corrected chi connectivity index (χ0v) is 18.5. The summed E-state index contributed by atoms with van der Waals surface area (Å²) in [6.45, 7) is 9.76. The van der Waals surface area contributed by atoms with Crippen LogP contribution in [0.5, 0.6) is 0 Å². The van der Waals surface area contributed by atoms with Crippen molar-refractivity contribution in [1.29, 1.82) is 0 Å². The predicted octanol–water partition coefficient (Wildman–Crippen LogP) is 4.28. The third-order valence-electron chi connectivity index (χ3n) is 3.75. The summed E-state index contributed by atoms with van der Waals surface area (Å²) in [6, 6.07) is 4.21. The molecule has 1 aromatic carbocycles. The van der Waals surface area contributed by atoms with Crippen LogP contribution < -0.4 is 11.1 Å². The molecule has 1 aliphatic heterocycles. The van der Waals surface area contributed by atoms with Gasteiger partial charge in [0.25, 0.3) is 6.47 Å². The number of amidine groups is 1. The number of fused-ring (bicyclic) bond motifs is 1. The van der Waals surface area contributed by atoms with Crippen molar-refractivity contribution in [3.05, 3.63) is 29.6 Å². The monoisotopic (exact) mass is 427 g/mol. The van der Waals surface area contributed by atoms with Crippen molar-refractivity contribution in [3.8, 4) is 0 Å². The number of anilines is 1. The molecule has 7 nitrogen and oxygen atoms in total. The number of ether oxygens (including phenoxy) is 2. The van der Waals surface area contributed by atoms with E-state index in [-0.39, 0.29) is 11.9 Å². The Kier molecular flexibility index (Phi) is 9.42. The SMILES string of the molecule is CC.CC(C)(C)OC(=O)NC1=NC(c2cc(N)ccc2F)C2CC2S1.COC=O. The first-order chi connectivity index (χ1) is 13.6. The van der Waals surface area contributed by atoms with Gasteiger partial charge in [0.2, 0.25) is 0 Å². The number of nitrogen functional groups attached to an aromatic ring is 1. The van der Waals surface area contributed by atoms with E-state index in [1.165, 1.54) is 31.0 Å². The normalized spacial score (nSPS) is 21.6. The first-order valence-electron chi connectivity index (χ1n) is 9.40. The molecule has 2 aliphatic rings. The van der Waals surface area contributed by atoms with Gasteiger partial charge < -0.3 is 15.2 Å². The zero-order valence-electron chi connectivity index (χ0n) is 17.7. The molecule has 1 fully saturated rings. The quantitative estimate of drug-likeness (QED) is 0.539. The minimum absolute atomic E-state index is 0.292. The smallest absolute Gasteiger partial charge is 0.413 e. The molecule has 1 aromatic rings. The van der Waals surface area contributed by atoms with Gasteiger partial charge in [-0.05, 0) is 51.3 Å². The highest BCUT2D eigenvalue weighted by molar-refractivity contribution is 8.14. The molecule has 1 heterocycles. The first kappa shape index (κ1) is 24.7. The van der Waals surface area contributed by atoms with Crippen LogP contribution >= 0.6 is 11.8 Å². The number of methoxy groups -OCH3 is 1. The van der Waals surface area contributed by atoms with Crippen molar-refractivity contribution in [2.24, 2.45) is 10.9 Å². The molecule has 3 unspecified atom stereocenters. The maximum atomic E-state index is 14.1. The number of hydrogen-bond acceptors (Lipinski definition) is 7. The lowest BCUT2D eigenvalue weighted by Crippen LogP contribution is -2.36. The van der Waals surface area contributed by atoms with Crippen LogP contribution in [0, 0.1) is 11.7 Å². The Labute approximate surface area is 175 Å². The standard InChI is InChI=1S/C16H20FN3O2S.C2H4O2.C2H6/c1-16(2,3)22-15(21)20-14-19-13(10-7-12(10)23-14)9-6-8(18)4-5-11(9)17;1-4-2-3;1-2/h4-6,10,12-13H,7,18H2,1-3H3,(H,19,20,21);2H,1H3;1-2H3. The van der Waals surface area contributed by atoms with Gasteiger partial charge in [0.15, 0.2) is 5.17 Å². The van der Waals surface area contributed by atoms with E-state index >= 15 is 0 Å². The van der Waals surface area contributed by atoms with Crippen molar-refractivity contribution >= 4 is 35.2 Å². The van der Waals surface area contributed by atoms with E-state index in [9.17, 15) is 9.18 Å². The van der Waals surface area contributed by atoms with E-state index in [0.717, 1.165) is 6.42 Å². The zero-order chi connectivity index (χ0) is 22.2. The van der Waals surface area contributed by atoms with Gasteiger partial charge in [-0.1, -0.05) is 25.6 Å². The molecular formula is C20H30FN3O4S. The summed E-state index contributed by atoms with van der Waals surface area (Å²) in [7, 11) is 1.31. The minimum atomic E-state index is -0.578. The van der Waals surface area contributed by atoms with Crippen LogP contribution in [0.15, 0.2) is 23.2 Å². The number of nitrogens with one attached hydrogen (secondary N) is 1. The fourth-order valence-electron chi connectivity index (χ4n) is 2.59. The van der Waals surface area contributed by atoms with E-state index in [1.54, 1.807) is 26.8 Å². The fourth-order valence-corrected chi connectivity index (χ4v) is 3.84. The second kappa shape index (κ2) is 11.0. The second-order valence-electron chi connectivity index (χ2n) is 7.17. The lowest BCUT2D eigenvalue weighted by Gasteiger charge is -2.23. The number of rotatable bonds is 2. The molecule has 0 radical (unpaired) electrons. The van der Waals surface area contributed by atoms with Gasteiger partial charge in [0.1, 0.15) is 11.4 Å². The number of hydrogen-bond donors (Lipinski definition) is 2. The second-order valence-corrected chi connectivity index (χ2v) is 8.40. The maximum Gasteiger partial charge on any atom is 0.413 e. The van der Waals surface area contributed by atoms with E-state index in [4.69, 9.17) is 15.3 Å². The number of thioether (sulfide) groups is 1. The summed E-state index contributed by atoms with van der Waals surface area (Å²) in [6.07, 6.45) is 0.404. The topological polar surface area (TPSA) is 103 Å². The van der Waals surface area contributed by atoms with E-state index in [2.05, 4.69) is 15.0 Å². The van der Waals surface area contributed by atoms with Crippen LogP contribution in [0.2, 0.25) is 0 Å². The lowest BCUT2D eigenvalue weighted by molar-refractivity contribution is -0.126. The Morgan fingerprint density at radius 2 is 2.00 bits per heavy atom. The maximum absolute atomic E-state index is 14.1. The van der Waals surface area contributed by atoms with E-state index < -0.39 is 11.7 Å². The van der Waals surface area contributed by atoms with Crippen molar-refractivity contribution in [2.45, 2.75) is 57.9 Å². The number of carbonyl (C=O) groups excluding carboxylic acids is 2. The molecule has 1 amide bonds. The molecule has 162 valence electrons. The Bertz CT molecular complexity index is 737. The van der Waals surface area contributed by atoms with Crippen molar-refractivity contribution < 1.29 is 23.5 Å². The number of benzene rings is 1. The molecule has 1 aliphatic carbocycles. The Morgan fingerprint density at radius 1 is 1.38 bits per heavy atom. The summed E-state index contributed by atoms with van der Waals surface area (Å²) >= 11 is 1.51. The average molecular weight is 428 g/mol. The highest BCUT2D eigenvalue weighted by Gasteiger charge is 2.49. The number of nitrogens with zero attached hydrogens (tertiary/aromatic N) is 1. The highest BCUT2D eigenvalue weighted by atomic mass is 32.2. The van der Waals surface area contributed by atoms with Gasteiger partial charge in [-0.3, -0.25) is 15.1 Å². The van der Waals surface area contributed by atoms with Gasteiger partial charge >= 0.3 is 6.09 Å². The minimum Gasteiger partial charge on any atom is -0.471 e. The first-order valence-corrected chi connectivity index (χ1v) is 10.3. The summed E-state index contributed by atoms with van der Waals surface area (Å²) in [5, 5.41) is 3.49. The summed E-state index contributed by atoms with van der Waals surface area (Å²) in [5.41, 5.74) is 6.19. The van der Waals surface area contributed by atoms with E-state index in [1.807, 2.05) is 13.8 Å². The molecule has 0 bridgehead atoms. The number of carbonyl (C=O) groups is 2. The Balaban J connectivity index is 0.000000627. The Hall–Kier alpha value is -2.29. The molecule has 3 rings (SSSR count). The van der Waals surface area contributed by atoms with Crippen molar-refractivity contribution in [2.75, 3.05) is 12.8 Å². The molecule has 1 saturated carbocycles. The van der Waals surface area contributed by atoms with Crippen LogP contribution in [0.25, 0.3) is 0 Å². The van der Waals surface area contributed by atoms with Gasteiger partial charge in [0, 0.05) is 16.5 Å². The van der Waals surface area contributed by atoms with Gasteiger partial charge in [0.05, 0.1) is 13.2 Å². The molecule has 0 saturated heterocycles. The van der Waals surface area contributed by atoms with Gasteiger partial charge in [-0.2, -0.15) is 0 Å². The molecule has 29 heavy (non-hydrogen) atoms. The van der Waals surface area contributed by atoms with Crippen LogP contribution in [0.4, 0.5) is 14.9 Å². The van der Waals surface area contributed by atoms with Crippen molar-refractivity contribution in [3.63, 3.8) is 0 Å². The highest BCUT2D eigenvalue weighted by Crippen LogP contribution is 2.54. The van der Waals surface area contributed by atoms with Crippen molar-refractivity contribution in [1.82, 2.24) is 5.32 Å². The summed E-state index contributed by atoms with van der Waals surface area (Å²) in [5.74, 6) is -0.0254. The number of alkyl carbamates (subject to hydrolysis) is 1.